The summed E-state index contributed by atoms with van der Waals surface area (Å²) in [4.78, 5) is 0.0973. The topological polar surface area (TPSA) is 118 Å². The highest BCUT2D eigenvalue weighted by Crippen LogP contribution is 2.37. The van der Waals surface area contributed by atoms with E-state index in [2.05, 4.69) is 5.32 Å². The van der Waals surface area contributed by atoms with Crippen LogP contribution in [0.2, 0.25) is 0 Å². The van der Waals surface area contributed by atoms with Gasteiger partial charge in [-0.1, -0.05) is 31.4 Å². The number of piperazine rings is 1. The summed E-state index contributed by atoms with van der Waals surface area (Å²) >= 11 is 0. The smallest absolute Gasteiger partial charge is 0.243 e. The summed E-state index contributed by atoms with van der Waals surface area (Å²) in [7, 11) is -10.9. The molecule has 0 amide bonds. The van der Waals surface area contributed by atoms with E-state index in [1.54, 1.807) is 12.1 Å². The molecule has 8 nitrogen and oxygen atoms in total. The van der Waals surface area contributed by atoms with Gasteiger partial charge < -0.3 is 5.32 Å². The first-order valence-corrected chi connectivity index (χ1v) is 15.9. The maximum absolute atomic E-state index is 13.7. The highest BCUT2D eigenvalue weighted by molar-refractivity contribution is 7.92. The molecule has 4 fully saturated rings. The molecule has 0 aromatic heterocycles. The van der Waals surface area contributed by atoms with Crippen molar-refractivity contribution in [3.05, 3.63) is 29.8 Å². The van der Waals surface area contributed by atoms with Crippen LogP contribution in [0.15, 0.2) is 29.2 Å². The molecule has 3 aliphatic heterocycles. The van der Waals surface area contributed by atoms with Crippen LogP contribution in [-0.4, -0.2) is 76.7 Å². The van der Waals surface area contributed by atoms with Crippen LogP contribution < -0.4 is 5.32 Å². The van der Waals surface area contributed by atoms with Crippen molar-refractivity contribution in [2.75, 3.05) is 23.0 Å². The maximum Gasteiger partial charge on any atom is 0.243 e. The Hall–Kier alpha value is -1.01. The Morgan fingerprint density at radius 2 is 1.29 bits per heavy atom. The second kappa shape index (κ2) is 7.51. The lowest BCUT2D eigenvalue weighted by molar-refractivity contribution is 0.160. The fraction of sp³-hybridized carbons (Fsp3) is 0.700. The Labute approximate surface area is 184 Å². The first-order chi connectivity index (χ1) is 14.6. The average Bonchev–Trinajstić information content (AvgIpc) is 3.18. The van der Waals surface area contributed by atoms with Gasteiger partial charge in [0.15, 0.2) is 19.7 Å². The van der Waals surface area contributed by atoms with Gasteiger partial charge in [0.1, 0.15) is 0 Å². The minimum atomic E-state index is -4.05. The molecule has 1 aromatic rings. The van der Waals surface area contributed by atoms with Gasteiger partial charge in [-0.2, -0.15) is 4.31 Å². The number of sulfonamides is 1. The Kier molecular flexibility index (Phi) is 5.29. The number of nitrogens with one attached hydrogen (secondary N) is 1. The van der Waals surface area contributed by atoms with Crippen LogP contribution in [0, 0.1) is 0 Å². The van der Waals surface area contributed by atoms with Crippen LogP contribution in [0.5, 0.6) is 0 Å². The fourth-order valence-electron chi connectivity index (χ4n) is 5.83. The molecule has 1 aromatic carbocycles. The Balaban J connectivity index is 1.50. The highest BCUT2D eigenvalue weighted by Gasteiger charge is 2.57. The fourth-order valence-corrected chi connectivity index (χ4v) is 11.7. The molecule has 0 spiro atoms. The van der Waals surface area contributed by atoms with E-state index in [4.69, 9.17) is 0 Å². The number of hydrogen-bond donors (Lipinski definition) is 1. The van der Waals surface area contributed by atoms with Crippen LogP contribution in [0.3, 0.4) is 0 Å². The third-order valence-electron chi connectivity index (χ3n) is 7.26. The van der Waals surface area contributed by atoms with Crippen molar-refractivity contribution in [2.24, 2.45) is 0 Å². The first-order valence-electron chi connectivity index (χ1n) is 10.9. The molecule has 3 saturated heterocycles. The molecule has 1 saturated carbocycles. The van der Waals surface area contributed by atoms with Crippen molar-refractivity contribution in [1.29, 1.82) is 0 Å². The summed E-state index contributed by atoms with van der Waals surface area (Å²) in [5.41, 5.74) is 1.13. The normalized spacial score (nSPS) is 35.5. The molecule has 3 heterocycles. The number of nitrogens with zero attached hydrogens (tertiary/aromatic N) is 1. The first kappa shape index (κ1) is 21.8. The van der Waals surface area contributed by atoms with E-state index in [0.717, 1.165) is 18.4 Å². The van der Waals surface area contributed by atoms with Gasteiger partial charge in [-0.3, -0.25) is 0 Å². The Morgan fingerprint density at radius 3 is 1.81 bits per heavy atom. The maximum atomic E-state index is 13.7. The number of fused-ring (bicyclic) bond motifs is 2. The van der Waals surface area contributed by atoms with Gasteiger partial charge in [0.05, 0.1) is 40.0 Å². The molecule has 172 valence electrons. The van der Waals surface area contributed by atoms with Gasteiger partial charge in [0.25, 0.3) is 0 Å². The molecule has 0 radical (unpaired) electrons. The molecule has 0 bridgehead atoms. The van der Waals surface area contributed by atoms with Crippen molar-refractivity contribution in [3.8, 4) is 0 Å². The summed E-state index contributed by atoms with van der Waals surface area (Å²) in [6.45, 7) is 0. The van der Waals surface area contributed by atoms with Crippen LogP contribution in [0.1, 0.15) is 43.6 Å². The molecule has 1 N–H and O–H groups in total. The van der Waals surface area contributed by atoms with Gasteiger partial charge in [-0.25, -0.2) is 25.3 Å². The second-order valence-electron chi connectivity index (χ2n) is 9.41. The van der Waals surface area contributed by atoms with E-state index < -0.39 is 53.9 Å². The van der Waals surface area contributed by atoms with Gasteiger partial charge >= 0.3 is 0 Å². The molecule has 31 heavy (non-hydrogen) atoms. The quantitative estimate of drug-likeness (QED) is 0.664. The minimum Gasteiger partial charge on any atom is -0.306 e. The molecule has 5 rings (SSSR count). The molecule has 4 aliphatic rings. The van der Waals surface area contributed by atoms with E-state index in [1.807, 2.05) is 12.1 Å². The molecule has 4 atom stereocenters. The summed E-state index contributed by atoms with van der Waals surface area (Å²) in [6, 6.07) is 4.15. The molecular weight excluding hydrogens is 460 g/mol. The van der Waals surface area contributed by atoms with E-state index in [-0.39, 0.29) is 27.9 Å². The lowest BCUT2D eigenvalue weighted by Crippen LogP contribution is -2.67. The SMILES string of the molecule is O=S1(=O)C[C@@H]2[C@@H](C1)N[C@H]1CS(=O)(=O)C[C@@H]1N2S(=O)(=O)c1ccc(C2CCCCC2)cc1. The van der Waals surface area contributed by atoms with Crippen molar-refractivity contribution in [2.45, 2.75) is 67.1 Å². The summed E-state index contributed by atoms with van der Waals surface area (Å²) in [6.07, 6.45) is 5.81. The van der Waals surface area contributed by atoms with Crippen LogP contribution in [-0.2, 0) is 29.7 Å². The molecule has 0 unspecified atom stereocenters. The molecular formula is C20H28N2O6S3. The van der Waals surface area contributed by atoms with Gasteiger partial charge in [0.2, 0.25) is 10.0 Å². The lowest BCUT2D eigenvalue weighted by Gasteiger charge is -2.43. The summed E-state index contributed by atoms with van der Waals surface area (Å²) < 4.78 is 77.8. The number of sulfone groups is 2. The van der Waals surface area contributed by atoms with Crippen LogP contribution >= 0.6 is 0 Å². The predicted molar refractivity (Wildman–Crippen MR) is 117 cm³/mol. The van der Waals surface area contributed by atoms with Crippen molar-refractivity contribution in [1.82, 2.24) is 9.62 Å². The second-order valence-corrected chi connectivity index (χ2v) is 15.6. The monoisotopic (exact) mass is 488 g/mol. The Bertz CT molecular complexity index is 1120. The third-order valence-corrected chi connectivity index (χ3v) is 12.7. The standard InChI is InChI=1S/C20H28N2O6S3/c23-29(24)10-17-19(12-29)22(20-13-30(25,26)11-18(20)21-17)31(27,28)16-8-6-15(7-9-16)14-4-2-1-3-5-14/h6-9,14,17-21H,1-5,10-13H2/t17-,18+,19-,20+. The van der Waals surface area contributed by atoms with Crippen LogP contribution in [0.25, 0.3) is 0 Å². The molecule has 11 heteroatoms. The number of hydrogen-bond acceptors (Lipinski definition) is 7. The highest BCUT2D eigenvalue weighted by atomic mass is 32.2. The van der Waals surface area contributed by atoms with E-state index >= 15 is 0 Å². The lowest BCUT2D eigenvalue weighted by atomic mass is 9.84. The zero-order valence-electron chi connectivity index (χ0n) is 17.2. The van der Waals surface area contributed by atoms with Crippen molar-refractivity contribution in [3.63, 3.8) is 0 Å². The van der Waals surface area contributed by atoms with Gasteiger partial charge in [-0.05, 0) is 36.5 Å². The minimum absolute atomic E-state index is 0.0973. The van der Waals surface area contributed by atoms with E-state index in [0.29, 0.717) is 5.92 Å². The number of rotatable bonds is 3. The van der Waals surface area contributed by atoms with Crippen molar-refractivity contribution >= 4 is 29.7 Å². The Morgan fingerprint density at radius 1 is 0.774 bits per heavy atom. The van der Waals surface area contributed by atoms with Crippen LogP contribution in [0.4, 0.5) is 0 Å². The van der Waals surface area contributed by atoms with Gasteiger partial charge in [0, 0.05) is 12.1 Å². The van der Waals surface area contributed by atoms with Crippen molar-refractivity contribution < 1.29 is 25.3 Å². The van der Waals surface area contributed by atoms with E-state index in [1.165, 1.54) is 23.6 Å². The molecule has 1 aliphatic carbocycles. The summed E-state index contributed by atoms with van der Waals surface area (Å²) in [5, 5.41) is 3.13. The summed E-state index contributed by atoms with van der Waals surface area (Å²) in [5.74, 6) is -0.472. The van der Waals surface area contributed by atoms with E-state index in [9.17, 15) is 25.3 Å². The largest absolute Gasteiger partial charge is 0.306 e. The number of benzene rings is 1. The third kappa shape index (κ3) is 3.96. The average molecular weight is 489 g/mol. The predicted octanol–water partition coefficient (Wildman–Crippen LogP) is 0.659. The zero-order valence-corrected chi connectivity index (χ0v) is 19.6. The zero-order chi connectivity index (χ0) is 22.0. The van der Waals surface area contributed by atoms with Gasteiger partial charge in [-0.15, -0.1) is 0 Å².